The number of benzene rings is 1. The molecule has 21 heavy (non-hydrogen) atoms. The van der Waals surface area contributed by atoms with Gasteiger partial charge in [0.1, 0.15) is 18.5 Å². The Labute approximate surface area is 133 Å². The molecule has 1 aromatic carbocycles. The predicted octanol–water partition coefficient (Wildman–Crippen LogP) is 2.92. The number of hydrogen-bond acceptors (Lipinski definition) is 5. The van der Waals surface area contributed by atoms with Gasteiger partial charge in [-0.3, -0.25) is 0 Å². The first-order chi connectivity index (χ1) is 10.1. The number of hydrogen-bond donors (Lipinski definition) is 2. The van der Waals surface area contributed by atoms with Crippen molar-refractivity contribution in [2.75, 3.05) is 30.8 Å². The minimum atomic E-state index is -0.488. The highest BCUT2D eigenvalue weighted by Gasteiger charge is 2.08. The van der Waals surface area contributed by atoms with Crippen LogP contribution in [0.5, 0.6) is 5.75 Å². The van der Waals surface area contributed by atoms with Crippen molar-refractivity contribution in [1.29, 1.82) is 0 Å². The SMILES string of the molecule is CCCC(C)NCC(O)COc1ccc(N(C)SC)cc1. The second-order valence-corrected chi connectivity index (χ2v) is 6.15. The van der Waals surface area contributed by atoms with E-state index in [9.17, 15) is 5.11 Å². The first-order valence-electron chi connectivity index (χ1n) is 7.49. The highest BCUT2D eigenvalue weighted by Crippen LogP contribution is 2.22. The van der Waals surface area contributed by atoms with Crippen molar-refractivity contribution >= 4 is 17.6 Å². The average Bonchev–Trinajstić information content (AvgIpc) is 2.51. The second-order valence-electron chi connectivity index (χ2n) is 5.24. The number of nitrogens with zero attached hydrogens (tertiary/aromatic N) is 1. The molecule has 2 unspecified atom stereocenters. The van der Waals surface area contributed by atoms with E-state index in [4.69, 9.17) is 4.74 Å². The Balaban J connectivity index is 2.31. The Kier molecular flexibility index (Phi) is 8.57. The van der Waals surface area contributed by atoms with Crippen molar-refractivity contribution in [3.63, 3.8) is 0 Å². The minimum Gasteiger partial charge on any atom is -0.491 e. The third-order valence-electron chi connectivity index (χ3n) is 3.34. The van der Waals surface area contributed by atoms with Gasteiger partial charge in [-0.05, 0) is 37.6 Å². The largest absolute Gasteiger partial charge is 0.491 e. The topological polar surface area (TPSA) is 44.7 Å². The highest BCUT2D eigenvalue weighted by molar-refractivity contribution is 7.99. The predicted molar refractivity (Wildman–Crippen MR) is 92.2 cm³/mol. The summed E-state index contributed by atoms with van der Waals surface area (Å²) in [6.07, 6.45) is 3.82. The molecule has 0 fully saturated rings. The van der Waals surface area contributed by atoms with Gasteiger partial charge in [-0.2, -0.15) is 0 Å². The maximum atomic E-state index is 9.91. The van der Waals surface area contributed by atoms with Crippen molar-refractivity contribution in [3.05, 3.63) is 24.3 Å². The first-order valence-corrected chi connectivity index (χ1v) is 8.67. The number of rotatable bonds is 10. The molecule has 0 aliphatic carbocycles. The summed E-state index contributed by atoms with van der Waals surface area (Å²) >= 11 is 1.66. The zero-order valence-corrected chi connectivity index (χ0v) is 14.3. The van der Waals surface area contributed by atoms with Gasteiger partial charge in [0.25, 0.3) is 0 Å². The zero-order chi connectivity index (χ0) is 15.7. The van der Waals surface area contributed by atoms with Crippen LogP contribution in [0.25, 0.3) is 0 Å². The van der Waals surface area contributed by atoms with Crippen LogP contribution in [0.3, 0.4) is 0 Å². The van der Waals surface area contributed by atoms with Gasteiger partial charge < -0.3 is 19.5 Å². The molecule has 0 aromatic heterocycles. The van der Waals surface area contributed by atoms with Crippen LogP contribution in [0.4, 0.5) is 5.69 Å². The number of anilines is 1. The molecule has 1 aromatic rings. The first kappa shape index (κ1) is 18.1. The Morgan fingerprint density at radius 3 is 2.57 bits per heavy atom. The molecule has 4 nitrogen and oxygen atoms in total. The van der Waals surface area contributed by atoms with E-state index in [0.717, 1.165) is 24.3 Å². The maximum Gasteiger partial charge on any atom is 0.119 e. The average molecular weight is 312 g/mol. The number of aliphatic hydroxyl groups excluding tert-OH is 1. The van der Waals surface area contributed by atoms with Crippen molar-refractivity contribution in [2.24, 2.45) is 0 Å². The molecule has 2 N–H and O–H groups in total. The van der Waals surface area contributed by atoms with E-state index in [2.05, 4.69) is 23.5 Å². The highest BCUT2D eigenvalue weighted by atomic mass is 32.2. The van der Waals surface area contributed by atoms with Gasteiger partial charge in [-0.15, -0.1) is 0 Å². The van der Waals surface area contributed by atoms with E-state index in [-0.39, 0.29) is 0 Å². The van der Waals surface area contributed by atoms with Crippen LogP contribution in [-0.2, 0) is 0 Å². The summed E-state index contributed by atoms with van der Waals surface area (Å²) in [6.45, 7) is 5.17. The smallest absolute Gasteiger partial charge is 0.119 e. The lowest BCUT2D eigenvalue weighted by Gasteiger charge is -2.18. The molecule has 0 amide bonds. The Bertz CT molecular complexity index is 386. The van der Waals surface area contributed by atoms with Gasteiger partial charge in [0, 0.05) is 31.6 Å². The van der Waals surface area contributed by atoms with Gasteiger partial charge in [0.15, 0.2) is 0 Å². The molecule has 0 aliphatic heterocycles. The lowest BCUT2D eigenvalue weighted by Crippen LogP contribution is -2.36. The van der Waals surface area contributed by atoms with Crippen molar-refractivity contribution in [3.8, 4) is 5.75 Å². The van der Waals surface area contributed by atoms with E-state index in [0.29, 0.717) is 19.2 Å². The summed E-state index contributed by atoms with van der Waals surface area (Å²) in [4.78, 5) is 0. The zero-order valence-electron chi connectivity index (χ0n) is 13.5. The Morgan fingerprint density at radius 1 is 1.33 bits per heavy atom. The molecule has 0 aliphatic rings. The van der Waals surface area contributed by atoms with Gasteiger partial charge in [-0.25, -0.2) is 0 Å². The number of ether oxygens (including phenoxy) is 1. The summed E-state index contributed by atoms with van der Waals surface area (Å²) in [5.41, 5.74) is 1.13. The third-order valence-corrected chi connectivity index (χ3v) is 4.10. The lowest BCUT2D eigenvalue weighted by atomic mass is 10.2. The molecule has 1 rings (SSSR count). The van der Waals surface area contributed by atoms with Crippen molar-refractivity contribution in [2.45, 2.75) is 38.8 Å². The van der Waals surface area contributed by atoms with E-state index < -0.39 is 6.10 Å². The standard InChI is InChI=1S/C16H28N2O2S/c1-5-6-13(2)17-11-15(19)12-20-16-9-7-14(8-10-16)18(3)21-4/h7-10,13,15,17,19H,5-6,11-12H2,1-4H3. The molecule has 0 heterocycles. The van der Waals surface area contributed by atoms with Crippen LogP contribution in [0.1, 0.15) is 26.7 Å². The fourth-order valence-electron chi connectivity index (χ4n) is 1.98. The van der Waals surface area contributed by atoms with E-state index in [1.807, 2.05) is 37.6 Å². The summed E-state index contributed by atoms with van der Waals surface area (Å²) < 4.78 is 7.69. The molecule has 120 valence electrons. The number of aliphatic hydroxyl groups is 1. The molecule has 0 saturated heterocycles. The van der Waals surface area contributed by atoms with Crippen LogP contribution >= 0.6 is 11.9 Å². The summed E-state index contributed by atoms with van der Waals surface area (Å²) in [6, 6.07) is 8.33. The fraction of sp³-hybridized carbons (Fsp3) is 0.625. The van der Waals surface area contributed by atoms with Crippen LogP contribution in [0.15, 0.2) is 24.3 Å². The quantitative estimate of drug-likeness (QED) is 0.650. The van der Waals surface area contributed by atoms with Crippen molar-refractivity contribution in [1.82, 2.24) is 5.32 Å². The monoisotopic (exact) mass is 312 g/mol. The van der Waals surface area contributed by atoms with E-state index >= 15 is 0 Å². The maximum absolute atomic E-state index is 9.91. The van der Waals surface area contributed by atoms with E-state index in [1.54, 1.807) is 11.9 Å². The summed E-state index contributed by atoms with van der Waals surface area (Å²) in [7, 11) is 2.02. The minimum absolute atomic E-state index is 0.309. The molecular formula is C16H28N2O2S. The molecule has 0 radical (unpaired) electrons. The molecular weight excluding hydrogens is 284 g/mol. The van der Waals surface area contributed by atoms with Gasteiger partial charge in [0.2, 0.25) is 0 Å². The summed E-state index contributed by atoms with van der Waals surface area (Å²) in [5.74, 6) is 0.786. The molecule has 5 heteroatoms. The third kappa shape index (κ3) is 7.07. The molecule has 0 spiro atoms. The summed E-state index contributed by atoms with van der Waals surface area (Å²) in [5, 5.41) is 13.2. The normalized spacial score (nSPS) is 13.8. The number of nitrogens with one attached hydrogen (secondary N) is 1. The molecule has 2 atom stereocenters. The van der Waals surface area contributed by atoms with Gasteiger partial charge in [0.05, 0.1) is 0 Å². The van der Waals surface area contributed by atoms with Gasteiger partial charge >= 0.3 is 0 Å². The molecule has 0 saturated carbocycles. The van der Waals surface area contributed by atoms with Gasteiger partial charge in [-0.1, -0.05) is 25.3 Å². The van der Waals surface area contributed by atoms with E-state index in [1.165, 1.54) is 0 Å². The lowest BCUT2D eigenvalue weighted by molar-refractivity contribution is 0.104. The second kappa shape index (κ2) is 9.92. The fourth-order valence-corrected chi connectivity index (χ4v) is 2.31. The van der Waals surface area contributed by atoms with Crippen LogP contribution in [0.2, 0.25) is 0 Å². The Hall–Kier alpha value is -0.910. The molecule has 0 bridgehead atoms. The van der Waals surface area contributed by atoms with Crippen LogP contribution in [0, 0.1) is 0 Å². The van der Waals surface area contributed by atoms with Crippen LogP contribution in [-0.4, -0.2) is 43.7 Å². The van der Waals surface area contributed by atoms with Crippen LogP contribution < -0.4 is 14.4 Å². The van der Waals surface area contributed by atoms with Crippen molar-refractivity contribution < 1.29 is 9.84 Å². The Morgan fingerprint density at radius 2 is 2.00 bits per heavy atom.